The van der Waals surface area contributed by atoms with Crippen molar-refractivity contribution in [2.45, 2.75) is 147 Å². The molecule has 1 atom stereocenters. The average molecular weight is 473 g/mol. The van der Waals surface area contributed by atoms with Gasteiger partial charge in [-0.05, 0) is 19.3 Å². The molecule has 1 N–H and O–H groups in total. The van der Waals surface area contributed by atoms with Crippen LogP contribution in [0.25, 0.3) is 0 Å². The van der Waals surface area contributed by atoms with Gasteiger partial charge in [0.2, 0.25) is 0 Å². The summed E-state index contributed by atoms with van der Waals surface area (Å²) in [7, 11) is -4.11. The Morgan fingerprint density at radius 2 is 0.900 bits per heavy atom. The maximum Gasteiger partial charge on any atom is 1.00 e. The molecule has 30 heavy (non-hydrogen) atoms. The quantitative estimate of drug-likeness (QED) is 0.138. The van der Waals surface area contributed by atoms with Gasteiger partial charge in [-0.1, -0.05) is 122 Å². The predicted molar refractivity (Wildman–Crippen MR) is 123 cm³/mol. The van der Waals surface area contributed by atoms with Gasteiger partial charge in [0.25, 0.3) is 0 Å². The van der Waals surface area contributed by atoms with Crippen LogP contribution < -0.4 is 51.4 Å². The van der Waals surface area contributed by atoms with Gasteiger partial charge in [0.1, 0.15) is 0 Å². The van der Waals surface area contributed by atoms with Crippen molar-refractivity contribution in [3.05, 3.63) is 0 Å². The molecule has 0 heterocycles. The monoisotopic (exact) mass is 472 g/mol. The van der Waals surface area contributed by atoms with Crippen LogP contribution in [0.15, 0.2) is 0 Å². The maximum absolute atomic E-state index is 11.2. The van der Waals surface area contributed by atoms with Gasteiger partial charge in [0.15, 0.2) is 0 Å². The third-order valence-corrected chi connectivity index (χ3v) is 7.24. The summed E-state index contributed by atoms with van der Waals surface area (Å²) in [5.41, 5.74) is 0. The van der Waals surface area contributed by atoms with Gasteiger partial charge in [-0.3, -0.25) is 0 Å². The zero-order chi connectivity index (χ0) is 21.6. The number of rotatable bonds is 23. The summed E-state index contributed by atoms with van der Waals surface area (Å²) in [5.74, 6) is 0. The van der Waals surface area contributed by atoms with Gasteiger partial charge in [-0.15, -0.1) is 0 Å². The first-order chi connectivity index (χ1) is 14.0. The number of hydrogen-bond donors (Lipinski definition) is 1. The first-order valence-corrected chi connectivity index (χ1v) is 14.0. The van der Waals surface area contributed by atoms with E-state index in [2.05, 4.69) is 0 Å². The first kappa shape index (κ1) is 33.7. The minimum atomic E-state index is -4.11. The van der Waals surface area contributed by atoms with Crippen molar-refractivity contribution in [3.8, 4) is 0 Å². The minimum Gasteiger partial charge on any atom is -0.748 e. The minimum absolute atomic E-state index is 0. The van der Waals surface area contributed by atoms with E-state index in [9.17, 15) is 13.0 Å². The molecule has 0 aromatic heterocycles. The Labute approximate surface area is 230 Å². The van der Waals surface area contributed by atoms with E-state index in [4.69, 9.17) is 5.11 Å². The van der Waals surface area contributed by atoms with Gasteiger partial charge in [-0.2, -0.15) is 0 Å². The van der Waals surface area contributed by atoms with Gasteiger partial charge < -0.3 is 9.66 Å². The summed E-state index contributed by atoms with van der Waals surface area (Å²) in [6, 6.07) is 0. The predicted octanol–water partition coefficient (Wildman–Crippen LogP) is 4.11. The van der Waals surface area contributed by atoms with Crippen molar-refractivity contribution < 1.29 is 69.5 Å². The molecule has 176 valence electrons. The van der Waals surface area contributed by atoms with E-state index in [-0.39, 0.29) is 51.4 Å². The molecule has 0 bridgehead atoms. The van der Waals surface area contributed by atoms with Crippen LogP contribution in [0.1, 0.15) is 142 Å². The Hall–Kier alpha value is 1.51. The molecule has 0 saturated carbocycles. The second-order valence-corrected chi connectivity index (χ2v) is 10.4. The van der Waals surface area contributed by atoms with Crippen LogP contribution in [-0.2, 0) is 10.1 Å². The van der Waals surface area contributed by atoms with E-state index >= 15 is 0 Å². The van der Waals surface area contributed by atoms with E-state index in [1.807, 2.05) is 6.92 Å². The molecule has 0 fully saturated rings. The molecule has 0 aliphatic heterocycles. The molecular formula is C24H49KO4S. The Balaban J connectivity index is 0. The molecule has 0 aliphatic rings. The Morgan fingerprint density at radius 1 is 0.600 bits per heavy atom. The number of unbranched alkanes of at least 4 members (excludes halogenated alkanes) is 17. The molecule has 0 aromatic rings. The fourth-order valence-electron chi connectivity index (χ4n) is 4.07. The molecule has 1 unspecified atom stereocenters. The van der Waals surface area contributed by atoms with Crippen LogP contribution in [0.5, 0.6) is 0 Å². The van der Waals surface area contributed by atoms with Crippen LogP contribution in [0, 0.1) is 0 Å². The van der Waals surface area contributed by atoms with Crippen LogP contribution in [-0.4, -0.2) is 29.9 Å². The zero-order valence-electron chi connectivity index (χ0n) is 20.2. The third-order valence-electron chi connectivity index (χ3n) is 5.95. The first-order valence-electron chi connectivity index (χ1n) is 12.6. The Bertz CT molecular complexity index is 429. The van der Waals surface area contributed by atoms with Crippen molar-refractivity contribution in [1.82, 2.24) is 0 Å². The molecule has 6 heteroatoms. The van der Waals surface area contributed by atoms with Gasteiger partial charge in [0.05, 0.1) is 10.1 Å². The summed E-state index contributed by atoms with van der Waals surface area (Å²) in [6.45, 7) is 2.28. The second-order valence-electron chi connectivity index (χ2n) is 8.78. The fourth-order valence-corrected chi connectivity index (χ4v) is 5.05. The van der Waals surface area contributed by atoms with Crippen LogP contribution >= 0.6 is 0 Å². The standard InChI is InChI=1S/C24H50O4S.K/c1-2-21-24(29(26,27)28)22-19-17-15-13-11-9-7-5-3-4-6-8-10-12-14-16-18-20-23-25;/h24-25H,2-23H2,1H3,(H,26,27,28);/q;+1/p-1. The van der Waals surface area contributed by atoms with Crippen molar-refractivity contribution in [2.75, 3.05) is 6.61 Å². The van der Waals surface area contributed by atoms with Crippen molar-refractivity contribution >= 4 is 10.1 Å². The Kier molecular flexibility index (Phi) is 28.2. The van der Waals surface area contributed by atoms with Crippen molar-refractivity contribution in [2.24, 2.45) is 0 Å². The number of aliphatic hydroxyl groups is 1. The molecular weight excluding hydrogens is 423 g/mol. The molecule has 0 spiro atoms. The second kappa shape index (κ2) is 25.1. The summed E-state index contributed by atoms with van der Waals surface area (Å²) in [4.78, 5) is 0. The van der Waals surface area contributed by atoms with E-state index in [0.29, 0.717) is 19.4 Å². The van der Waals surface area contributed by atoms with E-state index < -0.39 is 15.4 Å². The molecule has 4 nitrogen and oxygen atoms in total. The molecule has 0 radical (unpaired) electrons. The summed E-state index contributed by atoms with van der Waals surface area (Å²) in [6.07, 6.45) is 24.5. The summed E-state index contributed by atoms with van der Waals surface area (Å²) >= 11 is 0. The largest absolute Gasteiger partial charge is 1.00 e. The third kappa shape index (κ3) is 24.2. The van der Waals surface area contributed by atoms with Crippen molar-refractivity contribution in [1.29, 1.82) is 0 Å². The summed E-state index contributed by atoms with van der Waals surface area (Å²) < 4.78 is 33.5. The van der Waals surface area contributed by atoms with E-state index in [0.717, 1.165) is 32.1 Å². The molecule has 0 rings (SSSR count). The Morgan fingerprint density at radius 3 is 1.17 bits per heavy atom. The number of hydrogen-bond acceptors (Lipinski definition) is 4. The van der Waals surface area contributed by atoms with Gasteiger partial charge >= 0.3 is 51.4 Å². The summed E-state index contributed by atoms with van der Waals surface area (Å²) in [5, 5.41) is 8.07. The van der Waals surface area contributed by atoms with Crippen LogP contribution in [0.2, 0.25) is 0 Å². The van der Waals surface area contributed by atoms with E-state index in [1.54, 1.807) is 0 Å². The van der Waals surface area contributed by atoms with Crippen LogP contribution in [0.3, 0.4) is 0 Å². The topological polar surface area (TPSA) is 77.4 Å². The SMILES string of the molecule is CCCC(CCCCCCCCCCCCCCCCCCCCO)S(=O)(=O)[O-].[K+]. The maximum atomic E-state index is 11.2. The molecule has 0 saturated heterocycles. The van der Waals surface area contributed by atoms with Gasteiger partial charge in [-0.25, -0.2) is 8.42 Å². The van der Waals surface area contributed by atoms with Crippen molar-refractivity contribution in [3.63, 3.8) is 0 Å². The molecule has 0 aromatic carbocycles. The van der Waals surface area contributed by atoms with Crippen LogP contribution in [0.4, 0.5) is 0 Å². The zero-order valence-corrected chi connectivity index (χ0v) is 24.2. The van der Waals surface area contributed by atoms with E-state index in [1.165, 1.54) is 89.9 Å². The average Bonchev–Trinajstić information content (AvgIpc) is 2.68. The van der Waals surface area contributed by atoms with Gasteiger partial charge in [0, 0.05) is 11.9 Å². The molecule has 0 aliphatic carbocycles. The molecule has 0 amide bonds. The normalized spacial score (nSPS) is 12.6. The smallest absolute Gasteiger partial charge is 0.748 e. The fraction of sp³-hybridized carbons (Fsp3) is 1.00. The number of aliphatic hydroxyl groups excluding tert-OH is 1.